The van der Waals surface area contributed by atoms with E-state index in [0.717, 1.165) is 5.69 Å². The first kappa shape index (κ1) is 12.1. The lowest BCUT2D eigenvalue weighted by atomic mass is 10.2. The van der Waals surface area contributed by atoms with E-state index in [4.69, 9.17) is 18.6 Å². The molecular formula is C12H14N2O4. The SMILES string of the molecule is COc1cc(Nc2ncco2)cc(OC)c1OC. The molecule has 6 heteroatoms. The molecule has 0 fully saturated rings. The van der Waals surface area contributed by atoms with Gasteiger partial charge in [-0.05, 0) is 0 Å². The summed E-state index contributed by atoms with van der Waals surface area (Å²) in [6, 6.07) is 3.93. The summed E-state index contributed by atoms with van der Waals surface area (Å²) < 4.78 is 20.8. The van der Waals surface area contributed by atoms with Crippen LogP contribution in [-0.2, 0) is 0 Å². The molecule has 0 amide bonds. The Balaban J connectivity index is 2.37. The average molecular weight is 250 g/mol. The van der Waals surface area contributed by atoms with E-state index in [1.165, 1.54) is 6.26 Å². The predicted octanol–water partition coefficient (Wildman–Crippen LogP) is 2.44. The van der Waals surface area contributed by atoms with E-state index >= 15 is 0 Å². The number of aromatic nitrogens is 1. The molecule has 96 valence electrons. The van der Waals surface area contributed by atoms with Crippen LogP contribution in [0.4, 0.5) is 11.7 Å². The van der Waals surface area contributed by atoms with Crippen LogP contribution < -0.4 is 19.5 Å². The van der Waals surface area contributed by atoms with Crippen molar-refractivity contribution in [2.24, 2.45) is 0 Å². The Morgan fingerprint density at radius 2 is 1.72 bits per heavy atom. The summed E-state index contributed by atoms with van der Waals surface area (Å²) in [7, 11) is 4.68. The van der Waals surface area contributed by atoms with Crippen molar-refractivity contribution >= 4 is 11.7 Å². The van der Waals surface area contributed by atoms with Crippen LogP contribution in [-0.4, -0.2) is 26.3 Å². The van der Waals surface area contributed by atoms with Crippen LogP contribution in [0.5, 0.6) is 17.2 Å². The monoisotopic (exact) mass is 250 g/mol. The molecular weight excluding hydrogens is 236 g/mol. The summed E-state index contributed by atoms with van der Waals surface area (Å²) in [4.78, 5) is 3.97. The van der Waals surface area contributed by atoms with Crippen LogP contribution in [0.2, 0.25) is 0 Å². The highest BCUT2D eigenvalue weighted by molar-refractivity contribution is 5.65. The topological polar surface area (TPSA) is 65.8 Å². The van der Waals surface area contributed by atoms with E-state index in [2.05, 4.69) is 10.3 Å². The van der Waals surface area contributed by atoms with Crippen molar-refractivity contribution in [2.75, 3.05) is 26.6 Å². The maximum absolute atomic E-state index is 5.24. The lowest BCUT2D eigenvalue weighted by Gasteiger charge is -2.13. The Bertz CT molecular complexity index is 486. The second-order valence-electron chi connectivity index (χ2n) is 3.38. The van der Waals surface area contributed by atoms with Crippen LogP contribution in [0.25, 0.3) is 0 Å². The zero-order valence-corrected chi connectivity index (χ0v) is 10.4. The van der Waals surface area contributed by atoms with Gasteiger partial charge in [-0.25, -0.2) is 4.98 Å². The van der Waals surface area contributed by atoms with E-state index in [1.54, 1.807) is 39.7 Å². The first-order chi connectivity index (χ1) is 8.78. The predicted molar refractivity (Wildman–Crippen MR) is 65.9 cm³/mol. The fourth-order valence-electron chi connectivity index (χ4n) is 1.56. The number of anilines is 2. The summed E-state index contributed by atoms with van der Waals surface area (Å²) in [6.45, 7) is 0. The minimum atomic E-state index is 0.393. The molecule has 0 aliphatic carbocycles. The molecule has 0 unspecified atom stereocenters. The van der Waals surface area contributed by atoms with Crippen LogP contribution >= 0.6 is 0 Å². The molecule has 0 atom stereocenters. The van der Waals surface area contributed by atoms with Gasteiger partial charge in [0.25, 0.3) is 6.01 Å². The van der Waals surface area contributed by atoms with Crippen molar-refractivity contribution in [3.05, 3.63) is 24.6 Å². The molecule has 2 aromatic rings. The van der Waals surface area contributed by atoms with Gasteiger partial charge in [0, 0.05) is 17.8 Å². The summed E-state index contributed by atoms with van der Waals surface area (Å²) in [5, 5.41) is 2.99. The number of methoxy groups -OCH3 is 3. The van der Waals surface area contributed by atoms with Gasteiger partial charge in [-0.2, -0.15) is 0 Å². The van der Waals surface area contributed by atoms with E-state index in [1.807, 2.05) is 0 Å². The number of nitrogens with one attached hydrogen (secondary N) is 1. The normalized spacial score (nSPS) is 9.94. The van der Waals surface area contributed by atoms with Crippen LogP contribution in [0.1, 0.15) is 0 Å². The van der Waals surface area contributed by atoms with Gasteiger partial charge in [-0.1, -0.05) is 0 Å². The molecule has 0 radical (unpaired) electrons. The quantitative estimate of drug-likeness (QED) is 0.879. The standard InChI is InChI=1S/C12H14N2O4/c1-15-9-6-8(14-12-13-4-5-18-12)7-10(16-2)11(9)17-3/h4-7H,1-3H3,(H,13,14). The molecule has 0 aliphatic rings. The van der Waals surface area contributed by atoms with Crippen molar-refractivity contribution in [3.63, 3.8) is 0 Å². The van der Waals surface area contributed by atoms with Gasteiger partial charge in [0.1, 0.15) is 6.26 Å². The summed E-state index contributed by atoms with van der Waals surface area (Å²) in [6.07, 6.45) is 3.04. The second kappa shape index (κ2) is 5.31. The van der Waals surface area contributed by atoms with E-state index in [-0.39, 0.29) is 0 Å². The van der Waals surface area contributed by atoms with Gasteiger partial charge in [-0.3, -0.25) is 0 Å². The third-order valence-corrected chi connectivity index (χ3v) is 2.35. The Hall–Kier alpha value is -2.37. The smallest absolute Gasteiger partial charge is 0.299 e. The fourth-order valence-corrected chi connectivity index (χ4v) is 1.56. The lowest BCUT2D eigenvalue weighted by molar-refractivity contribution is 0.324. The average Bonchev–Trinajstić information content (AvgIpc) is 2.90. The van der Waals surface area contributed by atoms with Crippen LogP contribution in [0.15, 0.2) is 29.0 Å². The third kappa shape index (κ3) is 2.32. The summed E-state index contributed by atoms with van der Waals surface area (Å²) >= 11 is 0. The van der Waals surface area contributed by atoms with Crippen LogP contribution in [0.3, 0.4) is 0 Å². The number of hydrogen-bond donors (Lipinski definition) is 1. The highest BCUT2D eigenvalue weighted by Gasteiger charge is 2.13. The Labute approximate surface area is 104 Å². The number of oxazole rings is 1. The molecule has 1 heterocycles. The first-order valence-corrected chi connectivity index (χ1v) is 5.25. The fraction of sp³-hybridized carbons (Fsp3) is 0.250. The molecule has 0 aliphatic heterocycles. The van der Waals surface area contributed by atoms with Crippen molar-refractivity contribution < 1.29 is 18.6 Å². The Kier molecular flexibility index (Phi) is 3.57. The van der Waals surface area contributed by atoms with Gasteiger partial charge < -0.3 is 23.9 Å². The maximum Gasteiger partial charge on any atom is 0.299 e. The van der Waals surface area contributed by atoms with Crippen molar-refractivity contribution in [3.8, 4) is 17.2 Å². The number of benzene rings is 1. The molecule has 1 aromatic carbocycles. The zero-order valence-electron chi connectivity index (χ0n) is 10.4. The number of hydrogen-bond acceptors (Lipinski definition) is 6. The first-order valence-electron chi connectivity index (χ1n) is 5.25. The number of rotatable bonds is 5. The van der Waals surface area contributed by atoms with Gasteiger partial charge in [0.05, 0.1) is 27.5 Å². The van der Waals surface area contributed by atoms with Gasteiger partial charge in [-0.15, -0.1) is 0 Å². The summed E-state index contributed by atoms with van der Waals surface area (Å²) in [5.41, 5.74) is 0.729. The maximum atomic E-state index is 5.24. The largest absolute Gasteiger partial charge is 0.493 e. The molecule has 18 heavy (non-hydrogen) atoms. The van der Waals surface area contributed by atoms with Gasteiger partial charge in [0.2, 0.25) is 5.75 Å². The second-order valence-corrected chi connectivity index (χ2v) is 3.38. The summed E-state index contributed by atoms with van der Waals surface area (Å²) in [5.74, 6) is 1.66. The molecule has 6 nitrogen and oxygen atoms in total. The van der Waals surface area contributed by atoms with Crippen molar-refractivity contribution in [1.82, 2.24) is 4.98 Å². The zero-order chi connectivity index (χ0) is 13.0. The number of ether oxygens (including phenoxy) is 3. The van der Waals surface area contributed by atoms with Crippen molar-refractivity contribution in [2.45, 2.75) is 0 Å². The van der Waals surface area contributed by atoms with Crippen molar-refractivity contribution in [1.29, 1.82) is 0 Å². The van der Waals surface area contributed by atoms with Gasteiger partial charge in [0.15, 0.2) is 11.5 Å². The molecule has 1 N–H and O–H groups in total. The number of nitrogens with zero attached hydrogens (tertiary/aromatic N) is 1. The molecule has 2 rings (SSSR count). The highest BCUT2D eigenvalue weighted by Crippen LogP contribution is 2.40. The Morgan fingerprint density at radius 3 is 2.17 bits per heavy atom. The molecule has 0 saturated heterocycles. The van der Waals surface area contributed by atoms with E-state index in [0.29, 0.717) is 23.3 Å². The molecule has 1 aromatic heterocycles. The van der Waals surface area contributed by atoms with E-state index in [9.17, 15) is 0 Å². The van der Waals surface area contributed by atoms with Crippen LogP contribution in [0, 0.1) is 0 Å². The lowest BCUT2D eigenvalue weighted by Crippen LogP contribution is -1.97. The van der Waals surface area contributed by atoms with Gasteiger partial charge >= 0.3 is 0 Å². The third-order valence-electron chi connectivity index (χ3n) is 2.35. The molecule has 0 bridgehead atoms. The molecule has 0 saturated carbocycles. The minimum Gasteiger partial charge on any atom is -0.493 e. The molecule has 0 spiro atoms. The van der Waals surface area contributed by atoms with E-state index < -0.39 is 0 Å². The Morgan fingerprint density at radius 1 is 1.06 bits per heavy atom. The highest BCUT2D eigenvalue weighted by atomic mass is 16.5. The minimum absolute atomic E-state index is 0.393.